The molecule has 3 aromatic rings. The van der Waals surface area contributed by atoms with Gasteiger partial charge < -0.3 is 24.5 Å². The molecule has 12 heteroatoms. The molecule has 0 fully saturated rings. The Kier molecular flexibility index (Phi) is 7.20. The Hall–Kier alpha value is -4.45. The van der Waals surface area contributed by atoms with Crippen LogP contribution in [0, 0.1) is 10.1 Å². The number of carbonyl (C=O) groups excluding carboxylic acids is 2. The number of furan rings is 1. The molecule has 2 amide bonds. The van der Waals surface area contributed by atoms with Crippen molar-refractivity contribution in [1.82, 2.24) is 5.32 Å². The van der Waals surface area contributed by atoms with Crippen LogP contribution in [0.25, 0.3) is 0 Å². The van der Waals surface area contributed by atoms with Gasteiger partial charge >= 0.3 is 5.69 Å². The zero-order valence-corrected chi connectivity index (χ0v) is 18.2. The molecule has 0 atom stereocenters. The van der Waals surface area contributed by atoms with Crippen LogP contribution in [0.2, 0.25) is 0 Å². The fraction of sp³-hybridized carbons (Fsp3) is 0.0952. The second kappa shape index (κ2) is 10.2. The quantitative estimate of drug-likeness (QED) is 0.268. The molecule has 0 aliphatic carbocycles. The van der Waals surface area contributed by atoms with E-state index in [4.69, 9.17) is 26.1 Å². The summed E-state index contributed by atoms with van der Waals surface area (Å²) in [6.07, 6.45) is 1.38. The summed E-state index contributed by atoms with van der Waals surface area (Å²) < 4.78 is 15.3. The van der Waals surface area contributed by atoms with Crippen molar-refractivity contribution in [3.63, 3.8) is 0 Å². The second-order valence-electron chi connectivity index (χ2n) is 6.40. The summed E-state index contributed by atoms with van der Waals surface area (Å²) in [7, 11) is 2.74. The monoisotopic (exact) mass is 470 g/mol. The Balaban J connectivity index is 1.72. The normalized spacial score (nSPS) is 10.1. The average molecular weight is 470 g/mol. The summed E-state index contributed by atoms with van der Waals surface area (Å²) in [6.45, 7) is 0. The van der Waals surface area contributed by atoms with E-state index < -0.39 is 16.7 Å². The molecule has 3 rings (SSSR count). The van der Waals surface area contributed by atoms with Crippen LogP contribution in [-0.4, -0.2) is 36.1 Å². The van der Waals surface area contributed by atoms with Crippen LogP contribution < -0.4 is 25.4 Å². The van der Waals surface area contributed by atoms with E-state index in [-0.39, 0.29) is 27.9 Å². The smallest absolute Gasteiger partial charge is 0.311 e. The zero-order chi connectivity index (χ0) is 24.0. The summed E-state index contributed by atoms with van der Waals surface area (Å²) in [5, 5.41) is 19.0. The van der Waals surface area contributed by atoms with Crippen LogP contribution in [0.3, 0.4) is 0 Å². The lowest BCUT2D eigenvalue weighted by atomic mass is 10.1. The van der Waals surface area contributed by atoms with Crippen molar-refractivity contribution in [2.75, 3.05) is 24.9 Å². The molecule has 1 heterocycles. The Labute approximate surface area is 192 Å². The number of thiocarbonyl (C=S) groups is 1. The molecule has 0 aliphatic heterocycles. The number of rotatable bonds is 7. The fourth-order valence-electron chi connectivity index (χ4n) is 2.79. The van der Waals surface area contributed by atoms with Gasteiger partial charge in [-0.3, -0.25) is 25.0 Å². The van der Waals surface area contributed by atoms with E-state index in [0.717, 1.165) is 6.07 Å². The minimum absolute atomic E-state index is 0.0121. The van der Waals surface area contributed by atoms with E-state index in [1.807, 2.05) is 0 Å². The highest BCUT2D eigenvalue weighted by molar-refractivity contribution is 7.80. The maximum absolute atomic E-state index is 12.5. The molecule has 0 aliphatic rings. The van der Waals surface area contributed by atoms with Crippen LogP contribution >= 0.6 is 12.2 Å². The van der Waals surface area contributed by atoms with E-state index in [1.165, 1.54) is 38.7 Å². The predicted molar refractivity (Wildman–Crippen MR) is 123 cm³/mol. The first kappa shape index (κ1) is 23.2. The van der Waals surface area contributed by atoms with E-state index in [1.54, 1.807) is 24.3 Å². The highest BCUT2D eigenvalue weighted by atomic mass is 32.1. The number of hydrogen-bond donors (Lipinski definition) is 3. The Morgan fingerprint density at radius 1 is 1.00 bits per heavy atom. The van der Waals surface area contributed by atoms with Crippen molar-refractivity contribution in [2.45, 2.75) is 0 Å². The fourth-order valence-corrected chi connectivity index (χ4v) is 2.99. The van der Waals surface area contributed by atoms with Gasteiger partial charge in [0, 0.05) is 17.3 Å². The third-order valence-corrected chi connectivity index (χ3v) is 4.52. The molecule has 0 unspecified atom stereocenters. The van der Waals surface area contributed by atoms with E-state index in [9.17, 15) is 19.7 Å². The largest absolute Gasteiger partial charge is 0.495 e. The van der Waals surface area contributed by atoms with Gasteiger partial charge in [-0.25, -0.2) is 0 Å². The van der Waals surface area contributed by atoms with Gasteiger partial charge in [0.25, 0.3) is 11.8 Å². The first-order valence-corrected chi connectivity index (χ1v) is 9.71. The lowest BCUT2D eigenvalue weighted by Gasteiger charge is -2.14. The van der Waals surface area contributed by atoms with Crippen molar-refractivity contribution in [3.8, 4) is 11.5 Å². The van der Waals surface area contributed by atoms with Gasteiger partial charge in [0.15, 0.2) is 16.6 Å². The highest BCUT2D eigenvalue weighted by Crippen LogP contribution is 2.29. The summed E-state index contributed by atoms with van der Waals surface area (Å²) in [5.41, 5.74) is 0.434. The molecule has 0 saturated carbocycles. The van der Waals surface area contributed by atoms with Gasteiger partial charge in [0.2, 0.25) is 0 Å². The van der Waals surface area contributed by atoms with E-state index in [2.05, 4.69) is 16.0 Å². The molecule has 11 nitrogen and oxygen atoms in total. The van der Waals surface area contributed by atoms with Crippen LogP contribution in [0.5, 0.6) is 11.5 Å². The molecule has 3 N–H and O–H groups in total. The highest BCUT2D eigenvalue weighted by Gasteiger charge is 2.19. The number of nitro benzene ring substituents is 1. The molecule has 170 valence electrons. The van der Waals surface area contributed by atoms with Gasteiger partial charge in [-0.2, -0.15) is 0 Å². The van der Waals surface area contributed by atoms with Gasteiger partial charge in [0.05, 0.1) is 31.1 Å². The van der Waals surface area contributed by atoms with Gasteiger partial charge in [-0.1, -0.05) is 0 Å². The number of nitro groups is 1. The first-order valence-electron chi connectivity index (χ1n) is 9.30. The lowest BCUT2D eigenvalue weighted by molar-refractivity contribution is -0.385. The lowest BCUT2D eigenvalue weighted by Crippen LogP contribution is -2.34. The van der Waals surface area contributed by atoms with Crippen molar-refractivity contribution >= 4 is 46.2 Å². The number of anilines is 2. The topological polar surface area (TPSA) is 145 Å². The van der Waals surface area contributed by atoms with Gasteiger partial charge in [-0.05, 0) is 54.7 Å². The number of carbonyl (C=O) groups is 2. The molecule has 1 aromatic heterocycles. The standard InChI is InChI=1S/C21H18N4O7S/c1-30-16-8-6-13(22-20(27)18-4-3-9-32-18)11-14(16)23-21(33)24-19(26)12-5-7-17(31-2)15(10-12)25(28)29/h3-11H,1-2H3,(H,22,27)(H2,23,24,26,33). The minimum atomic E-state index is -0.667. The van der Waals surface area contributed by atoms with E-state index >= 15 is 0 Å². The van der Waals surface area contributed by atoms with Gasteiger partial charge in [0.1, 0.15) is 5.75 Å². The molecule has 0 saturated heterocycles. The van der Waals surface area contributed by atoms with Crippen LogP contribution in [0.1, 0.15) is 20.9 Å². The van der Waals surface area contributed by atoms with Crippen molar-refractivity contribution in [1.29, 1.82) is 0 Å². The van der Waals surface area contributed by atoms with Gasteiger partial charge in [-0.15, -0.1) is 0 Å². The first-order chi connectivity index (χ1) is 15.8. The van der Waals surface area contributed by atoms with E-state index in [0.29, 0.717) is 17.1 Å². The number of hydrogen-bond acceptors (Lipinski definition) is 8. The maximum Gasteiger partial charge on any atom is 0.311 e. The van der Waals surface area contributed by atoms with Crippen LogP contribution in [0.15, 0.2) is 59.2 Å². The molecule has 33 heavy (non-hydrogen) atoms. The number of nitrogens with zero attached hydrogens (tertiary/aromatic N) is 1. The summed E-state index contributed by atoms with van der Waals surface area (Å²) in [5.74, 6) is -0.567. The summed E-state index contributed by atoms with van der Waals surface area (Å²) in [4.78, 5) is 35.2. The average Bonchev–Trinajstić information content (AvgIpc) is 3.34. The van der Waals surface area contributed by atoms with Crippen LogP contribution in [-0.2, 0) is 0 Å². The molecule has 2 aromatic carbocycles. The third-order valence-electron chi connectivity index (χ3n) is 4.32. The third kappa shape index (κ3) is 5.62. The van der Waals surface area contributed by atoms with Crippen molar-refractivity contribution in [2.24, 2.45) is 0 Å². The molecular formula is C21H18N4O7S. The minimum Gasteiger partial charge on any atom is -0.495 e. The van der Waals surface area contributed by atoms with Crippen molar-refractivity contribution in [3.05, 3.63) is 76.2 Å². The second-order valence-corrected chi connectivity index (χ2v) is 6.81. The SMILES string of the molecule is COc1ccc(NC(=O)c2ccco2)cc1NC(=S)NC(=O)c1ccc(OC)c([N+](=O)[O-])c1. The number of methoxy groups -OCH3 is 2. The number of amides is 2. The number of ether oxygens (including phenoxy) is 2. The maximum atomic E-state index is 12.5. The molecular weight excluding hydrogens is 452 g/mol. The summed E-state index contributed by atoms with van der Waals surface area (Å²) in [6, 6.07) is 11.6. The molecule has 0 radical (unpaired) electrons. The summed E-state index contributed by atoms with van der Waals surface area (Å²) >= 11 is 5.19. The molecule has 0 bridgehead atoms. The number of nitrogens with one attached hydrogen (secondary N) is 3. The van der Waals surface area contributed by atoms with Crippen molar-refractivity contribution < 1.29 is 28.4 Å². The van der Waals surface area contributed by atoms with Crippen LogP contribution in [0.4, 0.5) is 17.1 Å². The Bertz CT molecular complexity index is 1210. The number of benzene rings is 2. The zero-order valence-electron chi connectivity index (χ0n) is 17.4. The predicted octanol–water partition coefficient (Wildman–Crippen LogP) is 3.58. The molecule has 0 spiro atoms. The Morgan fingerprint density at radius 2 is 1.73 bits per heavy atom. The Morgan fingerprint density at radius 3 is 2.36 bits per heavy atom.